The predicted octanol–water partition coefficient (Wildman–Crippen LogP) is 7.39. The number of hydrogen-bond acceptors (Lipinski definition) is 1. The van der Waals surface area contributed by atoms with Crippen molar-refractivity contribution in [3.63, 3.8) is 0 Å². The van der Waals surface area contributed by atoms with Gasteiger partial charge in [0.25, 0.3) is 0 Å². The number of hydrogen-bond donors (Lipinski definition) is 0. The lowest BCUT2D eigenvalue weighted by Crippen LogP contribution is -1.96. The molecule has 0 aliphatic carbocycles. The van der Waals surface area contributed by atoms with Crippen LogP contribution in [0.15, 0.2) is 72.8 Å². The summed E-state index contributed by atoms with van der Waals surface area (Å²) < 4.78 is 5.90. The zero-order valence-corrected chi connectivity index (χ0v) is 15.5. The van der Waals surface area contributed by atoms with Crippen molar-refractivity contribution in [2.75, 3.05) is 0 Å². The third-order valence-electron chi connectivity index (χ3n) is 4.51. The molecule has 0 spiro atoms. The van der Waals surface area contributed by atoms with Crippen LogP contribution in [0.4, 0.5) is 0 Å². The van der Waals surface area contributed by atoms with E-state index in [1.54, 1.807) is 0 Å². The maximum atomic E-state index is 5.90. The number of para-hydroxylation sites is 1. The summed E-state index contributed by atoms with van der Waals surface area (Å²) in [7, 11) is 0. The van der Waals surface area contributed by atoms with E-state index in [0.717, 1.165) is 11.5 Å². The van der Waals surface area contributed by atoms with Crippen LogP contribution in [0.25, 0.3) is 11.1 Å². The Kier molecular flexibility index (Phi) is 5.23. The summed E-state index contributed by atoms with van der Waals surface area (Å²) in [5.74, 6) is 2.77. The molecule has 1 heteroatoms. The highest BCUT2D eigenvalue weighted by atomic mass is 16.5. The zero-order chi connectivity index (χ0) is 17.8. The number of rotatable bonds is 5. The molecular formula is C24H26O. The first-order chi connectivity index (χ1) is 12.0. The average molecular weight is 330 g/mol. The smallest absolute Gasteiger partial charge is 0.127 e. The van der Waals surface area contributed by atoms with Gasteiger partial charge in [0.1, 0.15) is 11.5 Å². The van der Waals surface area contributed by atoms with Crippen molar-refractivity contribution < 1.29 is 4.74 Å². The fraction of sp³-hybridized carbons (Fsp3) is 0.250. The van der Waals surface area contributed by atoms with E-state index in [2.05, 4.69) is 58.0 Å². The maximum absolute atomic E-state index is 5.90. The lowest BCUT2D eigenvalue weighted by atomic mass is 9.88. The molecule has 0 amide bonds. The number of ether oxygens (including phenoxy) is 1. The van der Waals surface area contributed by atoms with E-state index in [1.165, 1.54) is 22.3 Å². The lowest BCUT2D eigenvalue weighted by molar-refractivity contribution is 0.483. The molecule has 0 radical (unpaired) electrons. The SMILES string of the molecule is CC(C)c1ccc(-c2ccc(Oc3ccccc3)cc2)c(C(C)C)c1. The normalized spacial score (nSPS) is 11.1. The van der Waals surface area contributed by atoms with Gasteiger partial charge < -0.3 is 4.74 Å². The van der Waals surface area contributed by atoms with Crippen molar-refractivity contribution >= 4 is 0 Å². The van der Waals surface area contributed by atoms with Crippen molar-refractivity contribution in [1.82, 2.24) is 0 Å². The van der Waals surface area contributed by atoms with E-state index in [-0.39, 0.29) is 0 Å². The summed E-state index contributed by atoms with van der Waals surface area (Å²) in [6.07, 6.45) is 0. The van der Waals surface area contributed by atoms with Crippen molar-refractivity contribution in [2.45, 2.75) is 39.5 Å². The highest BCUT2D eigenvalue weighted by molar-refractivity contribution is 5.69. The van der Waals surface area contributed by atoms with Crippen molar-refractivity contribution in [3.05, 3.63) is 83.9 Å². The Bertz CT molecular complexity index is 814. The van der Waals surface area contributed by atoms with E-state index in [1.807, 2.05) is 42.5 Å². The number of benzene rings is 3. The minimum absolute atomic E-state index is 0.494. The summed E-state index contributed by atoms with van der Waals surface area (Å²) in [4.78, 5) is 0. The van der Waals surface area contributed by atoms with Crippen LogP contribution >= 0.6 is 0 Å². The van der Waals surface area contributed by atoms with Crippen molar-refractivity contribution in [3.8, 4) is 22.6 Å². The fourth-order valence-electron chi connectivity index (χ4n) is 3.01. The molecule has 0 aliphatic rings. The first-order valence-corrected chi connectivity index (χ1v) is 9.02. The maximum Gasteiger partial charge on any atom is 0.127 e. The Labute approximate surface area is 151 Å². The molecule has 25 heavy (non-hydrogen) atoms. The molecule has 0 fully saturated rings. The molecule has 0 bridgehead atoms. The average Bonchev–Trinajstić information content (AvgIpc) is 2.62. The van der Waals surface area contributed by atoms with Gasteiger partial charge in [-0.2, -0.15) is 0 Å². The minimum Gasteiger partial charge on any atom is -0.457 e. The predicted molar refractivity (Wildman–Crippen MR) is 107 cm³/mol. The Morgan fingerprint density at radius 2 is 1.28 bits per heavy atom. The summed E-state index contributed by atoms with van der Waals surface area (Å²) >= 11 is 0. The van der Waals surface area contributed by atoms with Gasteiger partial charge in [-0.25, -0.2) is 0 Å². The van der Waals surface area contributed by atoms with E-state index >= 15 is 0 Å². The lowest BCUT2D eigenvalue weighted by Gasteiger charge is -2.17. The highest BCUT2D eigenvalue weighted by Crippen LogP contribution is 2.33. The van der Waals surface area contributed by atoms with E-state index < -0.39 is 0 Å². The van der Waals surface area contributed by atoms with Gasteiger partial charge in [-0.1, -0.05) is 76.2 Å². The molecule has 0 N–H and O–H groups in total. The van der Waals surface area contributed by atoms with Crippen molar-refractivity contribution in [1.29, 1.82) is 0 Å². The van der Waals surface area contributed by atoms with Gasteiger partial charge in [-0.15, -0.1) is 0 Å². The molecular weight excluding hydrogens is 304 g/mol. The van der Waals surface area contributed by atoms with Crippen LogP contribution < -0.4 is 4.74 Å². The second-order valence-corrected chi connectivity index (χ2v) is 7.10. The summed E-state index contributed by atoms with van der Waals surface area (Å²) in [5.41, 5.74) is 5.35. The van der Waals surface area contributed by atoms with Crippen LogP contribution in [0, 0.1) is 0 Å². The molecule has 0 aromatic heterocycles. The van der Waals surface area contributed by atoms with Gasteiger partial charge in [-0.05, 0) is 58.4 Å². The summed E-state index contributed by atoms with van der Waals surface area (Å²) in [6.45, 7) is 9.01. The van der Waals surface area contributed by atoms with Gasteiger partial charge in [0, 0.05) is 0 Å². The summed E-state index contributed by atoms with van der Waals surface area (Å²) in [5, 5.41) is 0. The van der Waals surface area contributed by atoms with Crippen molar-refractivity contribution in [2.24, 2.45) is 0 Å². The molecule has 3 aromatic carbocycles. The largest absolute Gasteiger partial charge is 0.457 e. The Balaban J connectivity index is 1.89. The zero-order valence-electron chi connectivity index (χ0n) is 15.5. The van der Waals surface area contributed by atoms with Gasteiger partial charge in [0.15, 0.2) is 0 Å². The topological polar surface area (TPSA) is 9.23 Å². The second-order valence-electron chi connectivity index (χ2n) is 7.10. The molecule has 0 aliphatic heterocycles. The molecule has 3 aromatic rings. The van der Waals surface area contributed by atoms with Gasteiger partial charge in [0.2, 0.25) is 0 Å². The molecule has 0 saturated heterocycles. The Morgan fingerprint density at radius 3 is 1.88 bits per heavy atom. The fourth-order valence-corrected chi connectivity index (χ4v) is 3.01. The van der Waals surface area contributed by atoms with E-state index in [4.69, 9.17) is 4.74 Å². The van der Waals surface area contributed by atoms with Crippen LogP contribution in [0.2, 0.25) is 0 Å². The van der Waals surface area contributed by atoms with Crippen LogP contribution in [-0.2, 0) is 0 Å². The van der Waals surface area contributed by atoms with Crippen LogP contribution in [0.5, 0.6) is 11.5 Å². The first-order valence-electron chi connectivity index (χ1n) is 9.02. The first kappa shape index (κ1) is 17.3. The van der Waals surface area contributed by atoms with Gasteiger partial charge in [0.05, 0.1) is 0 Å². The Hall–Kier alpha value is -2.54. The standard InChI is InChI=1S/C24H26O/c1-17(2)20-12-15-23(24(16-20)18(3)4)19-10-13-22(14-11-19)25-21-8-6-5-7-9-21/h5-18H,1-4H3. The molecule has 0 heterocycles. The van der Waals surface area contributed by atoms with Crippen LogP contribution in [0.1, 0.15) is 50.7 Å². The monoisotopic (exact) mass is 330 g/mol. The Morgan fingerprint density at radius 1 is 0.640 bits per heavy atom. The molecule has 0 unspecified atom stereocenters. The summed E-state index contributed by atoms with van der Waals surface area (Å²) in [6, 6.07) is 25.1. The molecule has 128 valence electrons. The van der Waals surface area contributed by atoms with E-state index in [0.29, 0.717) is 11.8 Å². The van der Waals surface area contributed by atoms with Crippen LogP contribution in [-0.4, -0.2) is 0 Å². The molecule has 0 atom stereocenters. The highest BCUT2D eigenvalue weighted by Gasteiger charge is 2.11. The third kappa shape index (κ3) is 4.11. The van der Waals surface area contributed by atoms with E-state index in [9.17, 15) is 0 Å². The molecule has 1 nitrogen and oxygen atoms in total. The van der Waals surface area contributed by atoms with Gasteiger partial charge in [-0.3, -0.25) is 0 Å². The molecule has 0 saturated carbocycles. The van der Waals surface area contributed by atoms with Gasteiger partial charge >= 0.3 is 0 Å². The second kappa shape index (κ2) is 7.57. The minimum atomic E-state index is 0.494. The van der Waals surface area contributed by atoms with Crippen LogP contribution in [0.3, 0.4) is 0 Å². The molecule has 3 rings (SSSR count). The quantitative estimate of drug-likeness (QED) is 0.474. The third-order valence-corrected chi connectivity index (χ3v) is 4.51.